The van der Waals surface area contributed by atoms with Crippen molar-refractivity contribution in [3.63, 3.8) is 0 Å². The van der Waals surface area contributed by atoms with Crippen molar-refractivity contribution in [3.05, 3.63) is 0 Å². The van der Waals surface area contributed by atoms with E-state index in [2.05, 4.69) is 0 Å². The van der Waals surface area contributed by atoms with Crippen LogP contribution in [0.5, 0.6) is 0 Å². The van der Waals surface area contributed by atoms with E-state index in [0.717, 1.165) is 6.42 Å². The number of amides is 3. The van der Waals surface area contributed by atoms with Crippen LogP contribution in [0, 0.1) is 5.92 Å². The van der Waals surface area contributed by atoms with Gasteiger partial charge in [0, 0.05) is 13.1 Å². The van der Waals surface area contributed by atoms with Crippen LogP contribution in [-0.2, 0) is 9.53 Å². The van der Waals surface area contributed by atoms with Gasteiger partial charge in [0.2, 0.25) is 5.91 Å². The first-order valence-electron chi connectivity index (χ1n) is 5.90. The second kappa shape index (κ2) is 4.41. The number of carbonyl (C=O) groups is 2. The fourth-order valence-corrected chi connectivity index (χ4v) is 2.48. The zero-order valence-corrected chi connectivity index (χ0v) is 9.81. The van der Waals surface area contributed by atoms with Crippen molar-refractivity contribution >= 4 is 11.9 Å². The van der Waals surface area contributed by atoms with Gasteiger partial charge >= 0.3 is 6.03 Å². The van der Waals surface area contributed by atoms with E-state index in [1.54, 1.807) is 4.90 Å². The number of hydrogen-bond acceptors (Lipinski definition) is 3. The molecule has 2 aliphatic heterocycles. The van der Waals surface area contributed by atoms with Gasteiger partial charge in [-0.05, 0) is 13.3 Å². The van der Waals surface area contributed by atoms with E-state index in [1.165, 1.54) is 4.90 Å². The highest BCUT2D eigenvalue weighted by Crippen LogP contribution is 2.28. The van der Waals surface area contributed by atoms with Crippen molar-refractivity contribution in [3.8, 4) is 0 Å². The molecule has 2 heterocycles. The van der Waals surface area contributed by atoms with E-state index in [0.29, 0.717) is 26.3 Å². The first kappa shape index (κ1) is 11.4. The third kappa shape index (κ3) is 1.59. The second-order valence-corrected chi connectivity index (χ2v) is 4.27. The average Bonchev–Trinajstić information content (AvgIpc) is 2.74. The molecule has 0 aromatic carbocycles. The van der Waals surface area contributed by atoms with Gasteiger partial charge in [-0.15, -0.1) is 0 Å². The Kier molecular flexibility index (Phi) is 3.14. The molecule has 0 N–H and O–H groups in total. The molecule has 0 bridgehead atoms. The number of fused-ring (bicyclic) bond motifs is 1. The van der Waals surface area contributed by atoms with Gasteiger partial charge in [-0.25, -0.2) is 4.79 Å². The monoisotopic (exact) mass is 226 g/mol. The molecule has 5 heteroatoms. The summed E-state index contributed by atoms with van der Waals surface area (Å²) in [4.78, 5) is 27.3. The molecule has 0 aromatic rings. The molecule has 2 saturated heterocycles. The zero-order chi connectivity index (χ0) is 11.7. The number of rotatable bonds is 3. The highest BCUT2D eigenvalue weighted by molar-refractivity contribution is 5.99. The maximum atomic E-state index is 12.1. The Balaban J connectivity index is 2.23. The minimum absolute atomic E-state index is 0.0434. The maximum absolute atomic E-state index is 12.1. The van der Waals surface area contributed by atoms with Gasteiger partial charge in [-0.1, -0.05) is 6.92 Å². The molecule has 0 saturated carbocycles. The molecule has 2 unspecified atom stereocenters. The van der Waals surface area contributed by atoms with Gasteiger partial charge in [0.1, 0.15) is 0 Å². The summed E-state index contributed by atoms with van der Waals surface area (Å²) in [6.45, 7) is 6.00. The summed E-state index contributed by atoms with van der Waals surface area (Å²) >= 11 is 0. The Labute approximate surface area is 95.3 Å². The number of urea groups is 1. The highest BCUT2D eigenvalue weighted by Gasteiger charge is 2.48. The van der Waals surface area contributed by atoms with Crippen molar-refractivity contribution in [2.24, 2.45) is 5.92 Å². The Morgan fingerprint density at radius 1 is 1.31 bits per heavy atom. The fraction of sp³-hybridized carbons (Fsp3) is 0.818. The van der Waals surface area contributed by atoms with Crippen LogP contribution in [0.25, 0.3) is 0 Å². The van der Waals surface area contributed by atoms with E-state index in [4.69, 9.17) is 4.74 Å². The van der Waals surface area contributed by atoms with Crippen LogP contribution in [0.2, 0.25) is 0 Å². The number of nitrogens with zero attached hydrogens (tertiary/aromatic N) is 2. The highest BCUT2D eigenvalue weighted by atomic mass is 16.5. The zero-order valence-electron chi connectivity index (χ0n) is 9.81. The van der Waals surface area contributed by atoms with Crippen molar-refractivity contribution in [1.82, 2.24) is 9.80 Å². The third-order valence-corrected chi connectivity index (χ3v) is 3.30. The molecule has 5 nitrogen and oxygen atoms in total. The van der Waals surface area contributed by atoms with Crippen LogP contribution in [0.15, 0.2) is 0 Å². The summed E-state index contributed by atoms with van der Waals surface area (Å²) < 4.78 is 5.33. The molecule has 0 aliphatic carbocycles. The summed E-state index contributed by atoms with van der Waals surface area (Å²) in [6.07, 6.45) is 0.799. The van der Waals surface area contributed by atoms with Gasteiger partial charge in [0.15, 0.2) is 0 Å². The summed E-state index contributed by atoms with van der Waals surface area (Å²) in [6, 6.07) is -0.195. The molecular formula is C11H18N2O3. The van der Waals surface area contributed by atoms with E-state index < -0.39 is 0 Å². The lowest BCUT2D eigenvalue weighted by Crippen LogP contribution is -2.61. The predicted molar refractivity (Wildman–Crippen MR) is 57.9 cm³/mol. The van der Waals surface area contributed by atoms with Gasteiger partial charge in [0.05, 0.1) is 25.2 Å². The van der Waals surface area contributed by atoms with E-state index in [9.17, 15) is 9.59 Å². The third-order valence-electron chi connectivity index (χ3n) is 3.30. The predicted octanol–water partition coefficient (Wildman–Crippen LogP) is 0.695. The lowest BCUT2D eigenvalue weighted by atomic mass is 9.97. The summed E-state index contributed by atoms with van der Waals surface area (Å²) in [5.41, 5.74) is 0. The Hall–Kier alpha value is -1.10. The molecule has 3 amide bonds. The molecule has 2 atom stereocenters. The number of hydrogen-bond donors (Lipinski definition) is 0. The van der Waals surface area contributed by atoms with Crippen molar-refractivity contribution in [1.29, 1.82) is 0 Å². The van der Waals surface area contributed by atoms with Crippen LogP contribution >= 0.6 is 0 Å². The standard InChI is InChI=1S/C11H18N2O3/c1-3-5-13-10(14)8-6-16-7-9(8)12(4-2)11(13)15/h8-9H,3-7H2,1-2H3. The summed E-state index contributed by atoms with van der Waals surface area (Å²) in [7, 11) is 0. The van der Waals surface area contributed by atoms with Crippen molar-refractivity contribution in [2.75, 3.05) is 26.3 Å². The van der Waals surface area contributed by atoms with E-state index in [1.807, 2.05) is 13.8 Å². The maximum Gasteiger partial charge on any atom is 0.327 e. The van der Waals surface area contributed by atoms with Crippen molar-refractivity contribution in [2.45, 2.75) is 26.3 Å². The van der Waals surface area contributed by atoms with Gasteiger partial charge in [0.25, 0.3) is 0 Å². The average molecular weight is 226 g/mol. The first-order valence-corrected chi connectivity index (χ1v) is 5.90. The molecule has 2 fully saturated rings. The van der Waals surface area contributed by atoms with Crippen LogP contribution in [-0.4, -0.2) is 54.1 Å². The number of imide groups is 1. The van der Waals surface area contributed by atoms with Crippen molar-refractivity contribution < 1.29 is 14.3 Å². The smallest absolute Gasteiger partial charge is 0.327 e. The van der Waals surface area contributed by atoms with Gasteiger partial charge in [-0.2, -0.15) is 0 Å². The van der Waals surface area contributed by atoms with Crippen LogP contribution in [0.1, 0.15) is 20.3 Å². The molecule has 90 valence electrons. The Morgan fingerprint density at radius 3 is 2.69 bits per heavy atom. The topological polar surface area (TPSA) is 49.9 Å². The number of ether oxygens (including phenoxy) is 1. The van der Waals surface area contributed by atoms with E-state index in [-0.39, 0.29) is 23.9 Å². The SMILES string of the molecule is CCCN1C(=O)C2COCC2N(CC)C1=O. The molecule has 2 rings (SSSR count). The molecule has 0 radical (unpaired) electrons. The quantitative estimate of drug-likeness (QED) is 0.711. The minimum atomic E-state index is -0.152. The van der Waals surface area contributed by atoms with Gasteiger partial charge in [-0.3, -0.25) is 9.69 Å². The van der Waals surface area contributed by atoms with Crippen LogP contribution in [0.4, 0.5) is 4.79 Å². The minimum Gasteiger partial charge on any atom is -0.378 e. The fourth-order valence-electron chi connectivity index (χ4n) is 2.48. The van der Waals surface area contributed by atoms with E-state index >= 15 is 0 Å². The molecule has 0 spiro atoms. The first-order chi connectivity index (χ1) is 7.70. The molecular weight excluding hydrogens is 208 g/mol. The molecule has 16 heavy (non-hydrogen) atoms. The second-order valence-electron chi connectivity index (χ2n) is 4.27. The van der Waals surface area contributed by atoms with Gasteiger partial charge < -0.3 is 9.64 Å². The normalized spacial score (nSPS) is 29.9. The lowest BCUT2D eigenvalue weighted by Gasteiger charge is -2.40. The molecule has 2 aliphatic rings. The Bertz CT molecular complexity index is 306. The van der Waals surface area contributed by atoms with Crippen LogP contribution < -0.4 is 0 Å². The molecule has 0 aromatic heterocycles. The summed E-state index contributed by atoms with van der Waals surface area (Å²) in [5, 5.41) is 0. The number of likely N-dealkylation sites (N-methyl/N-ethyl adjacent to an activating group) is 1. The van der Waals surface area contributed by atoms with Crippen LogP contribution in [0.3, 0.4) is 0 Å². The Morgan fingerprint density at radius 2 is 2.06 bits per heavy atom. The largest absolute Gasteiger partial charge is 0.378 e. The summed E-state index contributed by atoms with van der Waals surface area (Å²) in [5.74, 6) is -0.205. The number of carbonyl (C=O) groups excluding carboxylic acids is 2. The lowest BCUT2D eigenvalue weighted by molar-refractivity contribution is -0.137.